The first-order valence-electron chi connectivity index (χ1n) is 10.00. The molecule has 1 fully saturated rings. The van der Waals surface area contributed by atoms with Gasteiger partial charge in [-0.15, -0.1) is 0 Å². The van der Waals surface area contributed by atoms with Crippen LogP contribution in [0.25, 0.3) is 0 Å². The third-order valence-corrected chi connectivity index (χ3v) is 6.15. The van der Waals surface area contributed by atoms with E-state index in [1.807, 2.05) is 0 Å². The first-order chi connectivity index (χ1) is 14.9. The quantitative estimate of drug-likeness (QED) is 0.381. The molecule has 3 amide bonds. The molecule has 2 N–H and O–H groups in total. The van der Waals surface area contributed by atoms with Crippen LogP contribution in [0.15, 0.2) is 23.1 Å². The molecule has 2 heterocycles. The van der Waals surface area contributed by atoms with E-state index in [2.05, 4.69) is 10.0 Å². The molecule has 0 aliphatic carbocycles. The van der Waals surface area contributed by atoms with Crippen molar-refractivity contribution in [1.82, 2.24) is 14.9 Å². The predicted molar refractivity (Wildman–Crippen MR) is 107 cm³/mol. The molecular formula is C19H25N3O8S. The number of urea groups is 1. The summed E-state index contributed by atoms with van der Waals surface area (Å²) in [5.41, 5.74) is 0. The van der Waals surface area contributed by atoms with E-state index in [0.717, 1.165) is 4.90 Å². The number of rotatable bonds is 10. The molecule has 0 atom stereocenters. The smallest absolute Gasteiger partial charge is 0.324 e. The number of imide groups is 1. The third kappa shape index (κ3) is 6.31. The molecular weight excluding hydrogens is 430 g/mol. The van der Waals surface area contributed by atoms with E-state index in [9.17, 15) is 22.8 Å². The fourth-order valence-electron chi connectivity index (χ4n) is 3.05. The van der Waals surface area contributed by atoms with Crippen LogP contribution in [0.4, 0.5) is 4.79 Å². The highest BCUT2D eigenvalue weighted by Gasteiger charge is 2.26. The Kier molecular flexibility index (Phi) is 7.69. The zero-order chi connectivity index (χ0) is 22.3. The van der Waals surface area contributed by atoms with Crippen molar-refractivity contribution in [3.8, 4) is 11.5 Å². The number of sulfonamides is 1. The van der Waals surface area contributed by atoms with Crippen LogP contribution in [-0.4, -0.2) is 70.7 Å². The van der Waals surface area contributed by atoms with Gasteiger partial charge in [-0.05, 0) is 25.0 Å². The van der Waals surface area contributed by atoms with E-state index in [-0.39, 0.29) is 24.4 Å². The first-order valence-corrected chi connectivity index (χ1v) is 11.5. The lowest BCUT2D eigenvalue weighted by Crippen LogP contribution is -2.37. The van der Waals surface area contributed by atoms with Crippen LogP contribution >= 0.6 is 0 Å². The summed E-state index contributed by atoms with van der Waals surface area (Å²) < 4.78 is 43.0. The minimum Gasteiger partial charge on any atom is -0.486 e. The maximum absolute atomic E-state index is 12.4. The fourth-order valence-corrected chi connectivity index (χ4v) is 4.14. The molecule has 0 saturated carbocycles. The minimum atomic E-state index is -3.68. The molecule has 2 aliphatic rings. The Morgan fingerprint density at radius 2 is 1.90 bits per heavy atom. The largest absolute Gasteiger partial charge is 0.486 e. The Bertz CT molecular complexity index is 934. The normalized spacial score (nSPS) is 15.5. The molecule has 12 heteroatoms. The SMILES string of the molecule is O=C(CCCCCNS(=O)(=O)c1ccc2c(c1)OCCO2)OCC(=O)N1CCNC1=O. The van der Waals surface area contributed by atoms with Gasteiger partial charge in [0.05, 0.1) is 4.90 Å². The average molecular weight is 455 g/mol. The Hall–Kier alpha value is -2.86. The second kappa shape index (κ2) is 10.4. The molecule has 0 bridgehead atoms. The maximum Gasteiger partial charge on any atom is 0.324 e. The molecule has 3 rings (SSSR count). The van der Waals surface area contributed by atoms with Crippen molar-refractivity contribution in [1.29, 1.82) is 0 Å². The summed E-state index contributed by atoms with van der Waals surface area (Å²) in [7, 11) is -3.68. The van der Waals surface area contributed by atoms with Crippen LogP contribution in [0.5, 0.6) is 11.5 Å². The summed E-state index contributed by atoms with van der Waals surface area (Å²) >= 11 is 0. The molecule has 31 heavy (non-hydrogen) atoms. The van der Waals surface area contributed by atoms with Crippen molar-refractivity contribution in [2.45, 2.75) is 30.6 Å². The summed E-state index contributed by atoms with van der Waals surface area (Å²) in [6, 6.07) is 3.97. The van der Waals surface area contributed by atoms with Crippen LogP contribution in [0.1, 0.15) is 25.7 Å². The number of benzene rings is 1. The zero-order valence-corrected chi connectivity index (χ0v) is 17.7. The standard InChI is InChI=1S/C19H25N3O8S/c23-17(22-9-8-20-19(22)25)13-30-18(24)4-2-1-3-7-21-31(26,27)14-5-6-15-16(12-14)29-11-10-28-15/h5-6,12,21H,1-4,7-11,13H2,(H,20,25). The lowest BCUT2D eigenvalue weighted by Gasteiger charge is -2.18. The molecule has 11 nitrogen and oxygen atoms in total. The van der Waals surface area contributed by atoms with Gasteiger partial charge >= 0.3 is 12.0 Å². The molecule has 170 valence electrons. The van der Waals surface area contributed by atoms with Crippen LogP contribution in [0.3, 0.4) is 0 Å². The van der Waals surface area contributed by atoms with Gasteiger partial charge in [0.1, 0.15) is 13.2 Å². The van der Waals surface area contributed by atoms with Gasteiger partial charge in [-0.25, -0.2) is 17.9 Å². The van der Waals surface area contributed by atoms with E-state index in [1.165, 1.54) is 12.1 Å². The highest BCUT2D eigenvalue weighted by molar-refractivity contribution is 7.89. The molecule has 1 saturated heterocycles. The Labute approximate surface area is 180 Å². The van der Waals surface area contributed by atoms with Crippen molar-refractivity contribution in [2.24, 2.45) is 0 Å². The number of ether oxygens (including phenoxy) is 3. The van der Waals surface area contributed by atoms with Gasteiger partial charge in [0.15, 0.2) is 18.1 Å². The molecule has 0 spiro atoms. The van der Waals surface area contributed by atoms with Crippen molar-refractivity contribution in [2.75, 3.05) is 39.5 Å². The average Bonchev–Trinajstić information content (AvgIpc) is 3.20. The summed E-state index contributed by atoms with van der Waals surface area (Å²) in [6.07, 6.45) is 1.72. The number of nitrogens with zero attached hydrogens (tertiary/aromatic N) is 1. The van der Waals surface area contributed by atoms with E-state index in [0.29, 0.717) is 50.5 Å². The van der Waals surface area contributed by atoms with Gasteiger partial charge in [-0.2, -0.15) is 0 Å². The second-order valence-electron chi connectivity index (χ2n) is 6.95. The Morgan fingerprint density at radius 1 is 1.13 bits per heavy atom. The number of amides is 3. The third-order valence-electron chi connectivity index (χ3n) is 4.69. The van der Waals surface area contributed by atoms with Crippen LogP contribution in [0, 0.1) is 0 Å². The van der Waals surface area contributed by atoms with Crippen LogP contribution < -0.4 is 19.5 Å². The van der Waals surface area contributed by atoms with Crippen molar-refractivity contribution in [3.05, 3.63) is 18.2 Å². The lowest BCUT2D eigenvalue weighted by atomic mass is 10.2. The number of unbranched alkanes of at least 4 members (excludes halogenated alkanes) is 2. The number of hydrogen-bond acceptors (Lipinski definition) is 8. The molecule has 0 aromatic heterocycles. The summed E-state index contributed by atoms with van der Waals surface area (Å²) in [5.74, 6) is -0.180. The Morgan fingerprint density at radius 3 is 2.65 bits per heavy atom. The van der Waals surface area contributed by atoms with Gasteiger partial charge in [0.25, 0.3) is 5.91 Å². The van der Waals surface area contributed by atoms with Gasteiger partial charge in [0.2, 0.25) is 10.0 Å². The molecule has 1 aromatic rings. The number of nitrogens with one attached hydrogen (secondary N) is 2. The van der Waals surface area contributed by atoms with Crippen LogP contribution in [0.2, 0.25) is 0 Å². The highest BCUT2D eigenvalue weighted by atomic mass is 32.2. The lowest BCUT2D eigenvalue weighted by molar-refractivity contribution is -0.150. The van der Waals surface area contributed by atoms with Crippen molar-refractivity contribution >= 4 is 27.9 Å². The predicted octanol–water partition coefficient (Wildman–Crippen LogP) is 0.392. The fraction of sp³-hybridized carbons (Fsp3) is 0.526. The summed E-state index contributed by atoms with van der Waals surface area (Å²) in [4.78, 5) is 35.9. The topological polar surface area (TPSA) is 140 Å². The van der Waals surface area contributed by atoms with Gasteiger partial charge < -0.3 is 19.5 Å². The molecule has 2 aliphatic heterocycles. The van der Waals surface area contributed by atoms with Gasteiger partial charge in [-0.1, -0.05) is 6.42 Å². The molecule has 1 aromatic carbocycles. The van der Waals surface area contributed by atoms with Gasteiger partial charge in [0, 0.05) is 32.1 Å². The monoisotopic (exact) mass is 455 g/mol. The van der Waals surface area contributed by atoms with E-state index in [1.54, 1.807) is 6.07 Å². The van der Waals surface area contributed by atoms with Crippen molar-refractivity contribution < 1.29 is 37.0 Å². The minimum absolute atomic E-state index is 0.0941. The van der Waals surface area contributed by atoms with E-state index in [4.69, 9.17) is 14.2 Å². The van der Waals surface area contributed by atoms with Gasteiger partial charge in [-0.3, -0.25) is 14.5 Å². The Balaban J connectivity index is 1.30. The summed E-state index contributed by atoms with van der Waals surface area (Å²) in [6.45, 7) is 1.19. The van der Waals surface area contributed by atoms with Crippen LogP contribution in [-0.2, 0) is 24.3 Å². The molecule has 0 radical (unpaired) electrons. The number of carbonyl (C=O) groups is 3. The highest BCUT2D eigenvalue weighted by Crippen LogP contribution is 2.32. The maximum atomic E-state index is 12.4. The summed E-state index contributed by atoms with van der Waals surface area (Å²) in [5, 5.41) is 2.49. The van der Waals surface area contributed by atoms with E-state index >= 15 is 0 Å². The first kappa shape index (κ1) is 22.8. The van der Waals surface area contributed by atoms with Crippen molar-refractivity contribution in [3.63, 3.8) is 0 Å². The second-order valence-corrected chi connectivity index (χ2v) is 8.72. The number of carbonyl (C=O) groups excluding carboxylic acids is 3. The zero-order valence-electron chi connectivity index (χ0n) is 16.9. The number of fused-ring (bicyclic) bond motifs is 1. The van der Waals surface area contributed by atoms with E-state index < -0.39 is 34.5 Å². The number of hydrogen-bond donors (Lipinski definition) is 2. The number of esters is 1. The molecule has 0 unspecified atom stereocenters.